The van der Waals surface area contributed by atoms with Gasteiger partial charge in [0.15, 0.2) is 29.0 Å². The molecule has 1 unspecified atom stereocenters. The third-order valence-corrected chi connectivity index (χ3v) is 6.00. The van der Waals surface area contributed by atoms with Crippen molar-refractivity contribution in [2.45, 2.75) is 32.3 Å². The molecule has 0 bridgehead atoms. The van der Waals surface area contributed by atoms with E-state index in [9.17, 15) is 18.3 Å². The Hall–Kier alpha value is -3.97. The van der Waals surface area contributed by atoms with E-state index in [1.165, 1.54) is 31.5 Å². The molecular weight excluding hydrogens is 477 g/mol. The van der Waals surface area contributed by atoms with Crippen LogP contribution >= 0.6 is 0 Å². The lowest BCUT2D eigenvalue weighted by Crippen LogP contribution is -2.02. The smallest absolute Gasteiger partial charge is 0.167 e. The minimum Gasteiger partial charge on any atom is -0.490 e. The fraction of sp³-hybridized carbons (Fsp3) is 0.200. The molecule has 1 heterocycles. The lowest BCUT2D eigenvalue weighted by Gasteiger charge is -2.10. The Labute approximate surface area is 214 Å². The van der Waals surface area contributed by atoms with Gasteiger partial charge in [0.05, 0.1) is 6.61 Å². The Morgan fingerprint density at radius 3 is 2.24 bits per heavy atom. The van der Waals surface area contributed by atoms with Crippen LogP contribution in [-0.2, 0) is 12.8 Å². The van der Waals surface area contributed by atoms with Gasteiger partial charge in [-0.1, -0.05) is 48.5 Å². The van der Waals surface area contributed by atoms with Gasteiger partial charge >= 0.3 is 0 Å². The van der Waals surface area contributed by atoms with Gasteiger partial charge in [-0.2, -0.15) is 0 Å². The minimum atomic E-state index is -0.958. The lowest BCUT2D eigenvalue weighted by molar-refractivity contribution is 0.189. The normalized spacial score (nSPS) is 11.8. The van der Waals surface area contributed by atoms with E-state index in [1.54, 1.807) is 24.3 Å². The highest BCUT2D eigenvalue weighted by Crippen LogP contribution is 2.28. The Morgan fingerprint density at radius 1 is 0.892 bits per heavy atom. The number of aliphatic hydroxyl groups is 1. The predicted octanol–water partition coefficient (Wildman–Crippen LogP) is 7.02. The zero-order valence-electron chi connectivity index (χ0n) is 20.4. The average molecular weight is 505 g/mol. The first-order valence-corrected chi connectivity index (χ1v) is 12.0. The van der Waals surface area contributed by atoms with Crippen LogP contribution in [0.15, 0.2) is 79.6 Å². The van der Waals surface area contributed by atoms with Gasteiger partial charge in [0.25, 0.3) is 0 Å². The van der Waals surface area contributed by atoms with Gasteiger partial charge in [-0.3, -0.25) is 0 Å². The molecule has 1 aromatic heterocycles. The molecule has 4 rings (SSSR count). The maximum absolute atomic E-state index is 14.8. The largest absolute Gasteiger partial charge is 0.490 e. The van der Waals surface area contributed by atoms with Crippen molar-refractivity contribution in [2.24, 2.45) is 0 Å². The number of hydrogen-bond acceptors (Lipinski definition) is 4. The quantitative estimate of drug-likeness (QED) is 0.186. The second kappa shape index (κ2) is 11.8. The summed E-state index contributed by atoms with van der Waals surface area (Å²) < 4.78 is 49.4. The van der Waals surface area contributed by atoms with Gasteiger partial charge in [0.2, 0.25) is 0 Å². The van der Waals surface area contributed by atoms with Gasteiger partial charge in [-0.15, -0.1) is 6.58 Å². The van der Waals surface area contributed by atoms with E-state index >= 15 is 0 Å². The van der Waals surface area contributed by atoms with Crippen molar-refractivity contribution < 1.29 is 23.0 Å². The zero-order chi connectivity index (χ0) is 26.4. The number of hydrogen-bond donors (Lipinski definition) is 1. The molecule has 1 atom stereocenters. The van der Waals surface area contributed by atoms with Crippen molar-refractivity contribution in [3.63, 3.8) is 0 Å². The van der Waals surface area contributed by atoms with E-state index in [-0.39, 0.29) is 22.7 Å². The first-order chi connectivity index (χ1) is 17.9. The molecule has 3 aromatic carbocycles. The van der Waals surface area contributed by atoms with E-state index in [4.69, 9.17) is 4.74 Å². The van der Waals surface area contributed by atoms with Crippen molar-refractivity contribution in [1.82, 2.24) is 9.97 Å². The Morgan fingerprint density at radius 2 is 1.59 bits per heavy atom. The summed E-state index contributed by atoms with van der Waals surface area (Å²) in [5.41, 5.74) is 3.16. The van der Waals surface area contributed by atoms with Crippen LogP contribution in [0.5, 0.6) is 5.75 Å². The maximum Gasteiger partial charge on any atom is 0.167 e. The molecule has 37 heavy (non-hydrogen) atoms. The third kappa shape index (κ3) is 6.24. The summed E-state index contributed by atoms with van der Waals surface area (Å²) in [5, 5.41) is 9.52. The number of benzene rings is 3. The summed E-state index contributed by atoms with van der Waals surface area (Å²) in [6.45, 7) is 5.51. The Balaban J connectivity index is 1.42. The molecular formula is C30H27F3N2O2. The van der Waals surface area contributed by atoms with Crippen LogP contribution < -0.4 is 4.74 Å². The molecule has 190 valence electrons. The molecule has 7 heteroatoms. The van der Waals surface area contributed by atoms with Crippen molar-refractivity contribution >= 4 is 0 Å². The molecule has 0 aliphatic rings. The van der Waals surface area contributed by atoms with Gasteiger partial charge in [-0.05, 0) is 60.6 Å². The molecule has 4 aromatic rings. The number of aryl methyl sites for hydroxylation is 2. The topological polar surface area (TPSA) is 55.2 Å². The van der Waals surface area contributed by atoms with Crippen molar-refractivity contribution in [1.29, 1.82) is 0 Å². The number of halogens is 3. The second-order valence-electron chi connectivity index (χ2n) is 8.67. The van der Waals surface area contributed by atoms with Crippen LogP contribution in [-0.4, -0.2) is 21.7 Å². The average Bonchev–Trinajstić information content (AvgIpc) is 2.91. The molecule has 0 aliphatic heterocycles. The fourth-order valence-electron chi connectivity index (χ4n) is 3.89. The first-order valence-electron chi connectivity index (χ1n) is 12.0. The predicted molar refractivity (Wildman–Crippen MR) is 138 cm³/mol. The SMILES string of the molecule is C=CCCOc1ccc(-c2ccc(CCc3ccc(-c4cnc(C(C)O)nc4)c(F)c3F)cc2)cc1F. The van der Waals surface area contributed by atoms with Crippen LogP contribution in [0.4, 0.5) is 13.2 Å². The third-order valence-electron chi connectivity index (χ3n) is 6.00. The highest BCUT2D eigenvalue weighted by atomic mass is 19.2. The number of aliphatic hydroxyl groups excluding tert-OH is 1. The van der Waals surface area contributed by atoms with Crippen LogP contribution in [0, 0.1) is 17.5 Å². The summed E-state index contributed by atoms with van der Waals surface area (Å²) >= 11 is 0. The minimum absolute atomic E-state index is 0.0621. The van der Waals surface area contributed by atoms with Crippen LogP contribution in [0.25, 0.3) is 22.3 Å². The Bertz CT molecular complexity index is 1370. The maximum atomic E-state index is 14.8. The highest BCUT2D eigenvalue weighted by molar-refractivity contribution is 5.65. The summed E-state index contributed by atoms with van der Waals surface area (Å²) in [4.78, 5) is 7.99. The van der Waals surface area contributed by atoms with Crippen molar-refractivity contribution in [3.05, 3.63) is 114 Å². The molecule has 0 fully saturated rings. The molecule has 0 amide bonds. The monoisotopic (exact) mass is 504 g/mol. The zero-order valence-corrected chi connectivity index (χ0v) is 20.4. The van der Waals surface area contributed by atoms with Gasteiger partial charge in [-0.25, -0.2) is 23.1 Å². The van der Waals surface area contributed by atoms with Crippen LogP contribution in [0.2, 0.25) is 0 Å². The summed E-state index contributed by atoms with van der Waals surface area (Å²) in [6.07, 6.45) is 5.05. The number of nitrogens with zero attached hydrogens (tertiary/aromatic N) is 2. The molecule has 4 nitrogen and oxygen atoms in total. The van der Waals surface area contributed by atoms with E-state index in [0.717, 1.165) is 11.1 Å². The van der Waals surface area contributed by atoms with Crippen molar-refractivity contribution in [2.75, 3.05) is 6.61 Å². The second-order valence-corrected chi connectivity index (χ2v) is 8.67. The van der Waals surface area contributed by atoms with E-state index in [2.05, 4.69) is 16.5 Å². The summed E-state index contributed by atoms with van der Waals surface area (Å²) in [5.74, 6) is -1.88. The molecule has 1 N–H and O–H groups in total. The van der Waals surface area contributed by atoms with E-state index in [0.29, 0.717) is 37.0 Å². The van der Waals surface area contributed by atoms with Crippen molar-refractivity contribution in [3.8, 4) is 28.0 Å². The van der Waals surface area contributed by atoms with Gasteiger partial charge in [0.1, 0.15) is 6.10 Å². The number of rotatable bonds is 10. The number of ether oxygens (including phenoxy) is 1. The summed E-state index contributed by atoms with van der Waals surface area (Å²) in [6, 6.07) is 15.4. The van der Waals surface area contributed by atoms with Crippen LogP contribution in [0.1, 0.15) is 36.4 Å². The molecule has 0 spiro atoms. The highest BCUT2D eigenvalue weighted by Gasteiger charge is 2.16. The standard InChI is InChI=1S/C30H27F3N2O2/c1-3-4-15-37-27-14-12-23(16-26(27)31)21-8-5-20(6-9-21)7-10-22-11-13-25(29(33)28(22)32)24-17-34-30(19(2)36)35-18-24/h3,5-6,8-9,11-14,16-19,36H,1,4,7,10,15H2,2H3. The molecule has 0 saturated heterocycles. The van der Waals surface area contributed by atoms with E-state index in [1.807, 2.05) is 24.3 Å². The van der Waals surface area contributed by atoms with E-state index < -0.39 is 23.6 Å². The summed E-state index contributed by atoms with van der Waals surface area (Å²) in [7, 11) is 0. The van der Waals surface area contributed by atoms with Gasteiger partial charge < -0.3 is 9.84 Å². The fourth-order valence-corrected chi connectivity index (χ4v) is 3.89. The molecule has 0 saturated carbocycles. The first kappa shape index (κ1) is 26.1. The number of aromatic nitrogens is 2. The van der Waals surface area contributed by atoms with Crippen LogP contribution in [0.3, 0.4) is 0 Å². The molecule has 0 radical (unpaired) electrons. The Kier molecular flexibility index (Phi) is 8.36. The van der Waals surface area contributed by atoms with Gasteiger partial charge in [0, 0.05) is 23.5 Å². The molecule has 0 aliphatic carbocycles. The lowest BCUT2D eigenvalue weighted by atomic mass is 9.98.